The predicted molar refractivity (Wildman–Crippen MR) is 126 cm³/mol. The molecular formula is C29H46O. The Morgan fingerprint density at radius 1 is 0.900 bits per heavy atom. The Morgan fingerprint density at radius 2 is 1.67 bits per heavy atom. The van der Waals surface area contributed by atoms with Crippen LogP contribution in [-0.2, 0) is 4.74 Å². The van der Waals surface area contributed by atoms with E-state index in [0.717, 1.165) is 17.8 Å². The fourth-order valence-electron chi connectivity index (χ4n) is 9.79. The molecular weight excluding hydrogens is 364 g/mol. The fourth-order valence-corrected chi connectivity index (χ4v) is 9.79. The van der Waals surface area contributed by atoms with Gasteiger partial charge in [0.1, 0.15) is 0 Å². The molecule has 4 saturated carbocycles. The SMILES string of the molecule is CC(C)=CCCC(C)=C1CC[C@@]2(C)[C@H]1CC[C@H]1[C@@]3(C)CC[C@H]4O[C@@]4(C)[C@@H]3CC[C@@]12C. The zero-order valence-electron chi connectivity index (χ0n) is 20.9. The first-order chi connectivity index (χ1) is 14.1. The van der Waals surface area contributed by atoms with Gasteiger partial charge in [-0.2, -0.15) is 0 Å². The maximum absolute atomic E-state index is 6.32. The van der Waals surface area contributed by atoms with E-state index in [-0.39, 0.29) is 5.60 Å². The van der Waals surface area contributed by atoms with Gasteiger partial charge < -0.3 is 4.74 Å². The van der Waals surface area contributed by atoms with Crippen molar-refractivity contribution in [1.29, 1.82) is 0 Å². The second-order valence-electron chi connectivity index (χ2n) is 13.1. The van der Waals surface area contributed by atoms with Gasteiger partial charge in [0.05, 0.1) is 11.7 Å². The lowest BCUT2D eigenvalue weighted by Crippen LogP contribution is -2.61. The van der Waals surface area contributed by atoms with Crippen LogP contribution in [0.5, 0.6) is 0 Å². The molecule has 0 N–H and O–H groups in total. The van der Waals surface area contributed by atoms with Crippen molar-refractivity contribution in [2.45, 2.75) is 124 Å². The van der Waals surface area contributed by atoms with Crippen molar-refractivity contribution in [1.82, 2.24) is 0 Å². The summed E-state index contributed by atoms with van der Waals surface area (Å²) in [4.78, 5) is 0. The van der Waals surface area contributed by atoms with Gasteiger partial charge in [0.15, 0.2) is 0 Å². The molecule has 1 heteroatoms. The van der Waals surface area contributed by atoms with Gasteiger partial charge in [-0.25, -0.2) is 0 Å². The summed E-state index contributed by atoms with van der Waals surface area (Å²) < 4.78 is 6.32. The van der Waals surface area contributed by atoms with Gasteiger partial charge in [-0.15, -0.1) is 0 Å². The van der Waals surface area contributed by atoms with Crippen LogP contribution in [0.3, 0.4) is 0 Å². The molecule has 0 radical (unpaired) electrons. The minimum Gasteiger partial charge on any atom is -0.366 e. The summed E-state index contributed by atoms with van der Waals surface area (Å²) in [5.41, 5.74) is 6.77. The molecule has 0 aromatic carbocycles. The molecule has 30 heavy (non-hydrogen) atoms. The van der Waals surface area contributed by atoms with Gasteiger partial charge >= 0.3 is 0 Å². The summed E-state index contributed by atoms with van der Waals surface area (Å²) >= 11 is 0. The molecule has 1 heterocycles. The highest BCUT2D eigenvalue weighted by atomic mass is 16.6. The van der Waals surface area contributed by atoms with Crippen LogP contribution in [0.1, 0.15) is 113 Å². The van der Waals surface area contributed by atoms with Crippen molar-refractivity contribution in [3.8, 4) is 0 Å². The van der Waals surface area contributed by atoms with E-state index in [1.54, 1.807) is 5.57 Å². The first-order valence-corrected chi connectivity index (χ1v) is 13.1. The van der Waals surface area contributed by atoms with Crippen LogP contribution in [-0.4, -0.2) is 11.7 Å². The molecule has 8 atom stereocenters. The Kier molecular flexibility index (Phi) is 4.77. The van der Waals surface area contributed by atoms with E-state index in [0.29, 0.717) is 22.3 Å². The smallest absolute Gasteiger partial charge is 0.0953 e. The van der Waals surface area contributed by atoms with Gasteiger partial charge in [-0.1, -0.05) is 43.6 Å². The Morgan fingerprint density at radius 3 is 2.40 bits per heavy atom. The number of rotatable bonds is 3. The Labute approximate surface area is 186 Å². The summed E-state index contributed by atoms with van der Waals surface area (Å²) in [5, 5.41) is 0. The molecule has 0 bridgehead atoms. The van der Waals surface area contributed by atoms with Crippen molar-refractivity contribution < 1.29 is 4.74 Å². The highest BCUT2D eigenvalue weighted by Crippen LogP contribution is 2.76. The molecule has 5 rings (SSSR count). The van der Waals surface area contributed by atoms with E-state index in [4.69, 9.17) is 4.74 Å². The van der Waals surface area contributed by atoms with Crippen molar-refractivity contribution in [3.63, 3.8) is 0 Å². The second kappa shape index (κ2) is 6.72. The molecule has 5 aliphatic rings. The molecule has 0 unspecified atom stereocenters. The standard InChI is InChI=1S/C29H46O/c1-19(2)9-8-10-20(3)21-13-17-27(5)22(21)11-12-23-26(4)16-15-25-29(7,30-25)24(26)14-18-28(23,27)6/h9,22-25H,8,10-18H2,1-7H3/t22-,23-,24+,25+,26+,27-,28-,29-/m0/s1. The fraction of sp³-hybridized carbons (Fsp3) is 0.862. The summed E-state index contributed by atoms with van der Waals surface area (Å²) in [7, 11) is 0. The van der Waals surface area contributed by atoms with Crippen LogP contribution in [0, 0.1) is 34.0 Å². The predicted octanol–water partition coefficient (Wildman–Crippen LogP) is 8.25. The number of ether oxygens (including phenoxy) is 1. The minimum absolute atomic E-state index is 0.217. The Hall–Kier alpha value is -0.560. The largest absolute Gasteiger partial charge is 0.366 e. The van der Waals surface area contributed by atoms with E-state index in [1.165, 1.54) is 69.8 Å². The maximum atomic E-state index is 6.32. The third-order valence-corrected chi connectivity index (χ3v) is 11.7. The third-order valence-electron chi connectivity index (χ3n) is 11.7. The van der Waals surface area contributed by atoms with Crippen LogP contribution < -0.4 is 0 Å². The average Bonchev–Trinajstić information content (AvgIpc) is 3.22. The Bertz CT molecular complexity index is 786. The summed E-state index contributed by atoms with van der Waals surface area (Å²) in [6.45, 7) is 17.5. The van der Waals surface area contributed by atoms with Crippen LogP contribution in [0.2, 0.25) is 0 Å². The highest BCUT2D eigenvalue weighted by Gasteiger charge is 2.72. The number of hydrogen-bond donors (Lipinski definition) is 0. The lowest BCUT2D eigenvalue weighted by atomic mass is 9.37. The van der Waals surface area contributed by atoms with Gasteiger partial charge in [0.2, 0.25) is 0 Å². The lowest BCUT2D eigenvalue weighted by molar-refractivity contribution is -0.179. The van der Waals surface area contributed by atoms with Crippen molar-refractivity contribution in [3.05, 3.63) is 22.8 Å². The Balaban J connectivity index is 1.44. The second-order valence-corrected chi connectivity index (χ2v) is 13.1. The maximum Gasteiger partial charge on any atom is 0.0953 e. The third kappa shape index (κ3) is 2.69. The normalized spacial score (nSPS) is 53.2. The van der Waals surface area contributed by atoms with E-state index < -0.39 is 0 Å². The minimum atomic E-state index is 0.217. The van der Waals surface area contributed by atoms with E-state index >= 15 is 0 Å². The van der Waals surface area contributed by atoms with Crippen molar-refractivity contribution >= 4 is 0 Å². The molecule has 1 saturated heterocycles. The zero-order valence-corrected chi connectivity index (χ0v) is 20.9. The van der Waals surface area contributed by atoms with Crippen LogP contribution in [0.15, 0.2) is 22.8 Å². The van der Waals surface area contributed by atoms with Crippen molar-refractivity contribution in [2.24, 2.45) is 34.0 Å². The first kappa shape index (κ1) is 21.3. The number of fused-ring (bicyclic) bond motifs is 7. The zero-order chi connectivity index (χ0) is 21.5. The van der Waals surface area contributed by atoms with E-state index in [1.807, 2.05) is 5.57 Å². The molecule has 1 nitrogen and oxygen atoms in total. The molecule has 1 aliphatic heterocycles. The molecule has 5 fully saturated rings. The number of hydrogen-bond acceptors (Lipinski definition) is 1. The number of allylic oxidation sites excluding steroid dienone is 4. The van der Waals surface area contributed by atoms with Crippen molar-refractivity contribution in [2.75, 3.05) is 0 Å². The molecule has 0 spiro atoms. The van der Waals surface area contributed by atoms with Gasteiger partial charge in [-0.05, 0) is 126 Å². The van der Waals surface area contributed by atoms with E-state index in [9.17, 15) is 0 Å². The van der Waals surface area contributed by atoms with E-state index in [2.05, 4.69) is 54.5 Å². The lowest BCUT2D eigenvalue weighted by Gasteiger charge is -2.67. The molecule has 0 amide bonds. The van der Waals surface area contributed by atoms with Gasteiger partial charge in [0, 0.05) is 0 Å². The molecule has 168 valence electrons. The summed E-state index contributed by atoms with van der Waals surface area (Å²) in [6, 6.07) is 0. The molecule has 4 aliphatic carbocycles. The molecule has 0 aromatic heterocycles. The van der Waals surface area contributed by atoms with Crippen LogP contribution in [0.4, 0.5) is 0 Å². The number of epoxide rings is 1. The summed E-state index contributed by atoms with van der Waals surface area (Å²) in [6.07, 6.45) is 16.7. The van der Waals surface area contributed by atoms with Crippen LogP contribution >= 0.6 is 0 Å². The van der Waals surface area contributed by atoms with Crippen LogP contribution in [0.25, 0.3) is 0 Å². The summed E-state index contributed by atoms with van der Waals surface area (Å²) in [5.74, 6) is 2.52. The van der Waals surface area contributed by atoms with Gasteiger partial charge in [-0.3, -0.25) is 0 Å². The monoisotopic (exact) mass is 410 g/mol. The highest BCUT2D eigenvalue weighted by molar-refractivity contribution is 5.29. The molecule has 0 aromatic rings. The first-order valence-electron chi connectivity index (χ1n) is 13.1. The topological polar surface area (TPSA) is 12.5 Å². The quantitative estimate of drug-likeness (QED) is 0.337. The van der Waals surface area contributed by atoms with Gasteiger partial charge in [0.25, 0.3) is 0 Å². The average molecular weight is 411 g/mol.